The van der Waals surface area contributed by atoms with Gasteiger partial charge in [0.15, 0.2) is 0 Å². The van der Waals surface area contributed by atoms with E-state index in [1.165, 1.54) is 0 Å². The van der Waals surface area contributed by atoms with Gasteiger partial charge in [-0.05, 0) is 22.9 Å². The van der Waals surface area contributed by atoms with Gasteiger partial charge in [-0.3, -0.25) is 0 Å². The maximum absolute atomic E-state index is 11.6. The van der Waals surface area contributed by atoms with E-state index in [0.717, 1.165) is 0 Å². The van der Waals surface area contributed by atoms with Crippen molar-refractivity contribution < 1.29 is 14.1 Å². The van der Waals surface area contributed by atoms with Gasteiger partial charge >= 0.3 is 5.97 Å². The molecule has 0 aliphatic rings. The molecule has 0 amide bonds. The van der Waals surface area contributed by atoms with Crippen molar-refractivity contribution in [2.45, 2.75) is 33.1 Å². The lowest BCUT2D eigenvalue weighted by Crippen LogP contribution is -2.18. The molecule has 1 heterocycles. The number of carbonyl (C=O) groups is 1. The smallest absolute Gasteiger partial charge is 0.344 e. The Morgan fingerprint density at radius 1 is 1.53 bits per heavy atom. The van der Waals surface area contributed by atoms with E-state index in [1.807, 2.05) is 20.8 Å². The van der Waals surface area contributed by atoms with Crippen molar-refractivity contribution in [2.75, 3.05) is 6.61 Å². The number of nitrogens with zero attached hydrogens (tertiary/aromatic N) is 1. The third-order valence-corrected chi connectivity index (χ3v) is 2.38. The molecule has 0 saturated heterocycles. The first kappa shape index (κ1) is 12.2. The summed E-state index contributed by atoms with van der Waals surface area (Å²) in [5.74, 6) is -0.407. The van der Waals surface area contributed by atoms with E-state index in [-0.39, 0.29) is 5.41 Å². The minimum Gasteiger partial charge on any atom is -0.462 e. The van der Waals surface area contributed by atoms with E-state index in [1.54, 1.807) is 6.92 Å². The Labute approximate surface area is 97.1 Å². The first-order valence-corrected chi connectivity index (χ1v) is 5.50. The first-order chi connectivity index (χ1) is 6.88. The lowest BCUT2D eigenvalue weighted by molar-refractivity contribution is 0.0521. The highest BCUT2D eigenvalue weighted by Crippen LogP contribution is 2.30. The molecule has 1 rings (SSSR count). The number of hydrogen-bond acceptors (Lipinski definition) is 4. The van der Waals surface area contributed by atoms with E-state index < -0.39 is 5.97 Å². The minimum atomic E-state index is -0.407. The van der Waals surface area contributed by atoms with Crippen LogP contribution in [0.4, 0.5) is 0 Å². The fraction of sp³-hybridized carbons (Fsp3) is 0.600. The highest BCUT2D eigenvalue weighted by atomic mass is 79.9. The van der Waals surface area contributed by atoms with Crippen molar-refractivity contribution in [1.82, 2.24) is 5.16 Å². The van der Waals surface area contributed by atoms with Gasteiger partial charge in [-0.1, -0.05) is 25.9 Å². The van der Waals surface area contributed by atoms with Gasteiger partial charge < -0.3 is 9.26 Å². The van der Waals surface area contributed by atoms with Crippen molar-refractivity contribution in [2.24, 2.45) is 0 Å². The Hall–Kier alpha value is -0.840. The summed E-state index contributed by atoms with van der Waals surface area (Å²) < 4.78 is 10.2. The van der Waals surface area contributed by atoms with Gasteiger partial charge in [-0.2, -0.15) is 0 Å². The summed E-state index contributed by atoms with van der Waals surface area (Å²) in [5, 5.41) is 3.87. The molecule has 1 aromatic rings. The Bertz CT molecular complexity index is 365. The molecule has 0 aliphatic heterocycles. The topological polar surface area (TPSA) is 52.3 Å². The number of carbonyl (C=O) groups excluding carboxylic acids is 1. The van der Waals surface area contributed by atoms with Crippen LogP contribution in [-0.2, 0) is 10.2 Å². The molecule has 0 spiro atoms. The van der Waals surface area contributed by atoms with Crippen molar-refractivity contribution >= 4 is 21.9 Å². The van der Waals surface area contributed by atoms with Crippen LogP contribution in [0.3, 0.4) is 0 Å². The van der Waals surface area contributed by atoms with Crippen LogP contribution in [0.25, 0.3) is 0 Å². The molecular formula is C10H14BrNO3. The second kappa shape index (κ2) is 4.35. The van der Waals surface area contributed by atoms with Crippen molar-refractivity contribution in [1.29, 1.82) is 0 Å². The average molecular weight is 276 g/mol. The van der Waals surface area contributed by atoms with Crippen LogP contribution < -0.4 is 0 Å². The molecule has 0 saturated carbocycles. The predicted octanol–water partition coefficient (Wildman–Crippen LogP) is 2.91. The lowest BCUT2D eigenvalue weighted by Gasteiger charge is -2.15. The second-order valence-electron chi connectivity index (χ2n) is 4.15. The zero-order chi connectivity index (χ0) is 11.6. The van der Waals surface area contributed by atoms with E-state index in [2.05, 4.69) is 21.1 Å². The monoisotopic (exact) mass is 275 g/mol. The van der Waals surface area contributed by atoms with Crippen LogP contribution in [0, 0.1) is 0 Å². The summed E-state index contributed by atoms with van der Waals surface area (Å²) >= 11 is 3.15. The molecular weight excluding hydrogens is 262 g/mol. The van der Waals surface area contributed by atoms with Gasteiger partial charge in [0.2, 0.25) is 4.67 Å². The zero-order valence-electron chi connectivity index (χ0n) is 9.26. The highest BCUT2D eigenvalue weighted by Gasteiger charge is 2.30. The fourth-order valence-corrected chi connectivity index (χ4v) is 1.58. The van der Waals surface area contributed by atoms with Gasteiger partial charge in [0.1, 0.15) is 11.3 Å². The summed E-state index contributed by atoms with van der Waals surface area (Å²) in [6.45, 7) is 7.97. The molecule has 0 bridgehead atoms. The molecule has 0 atom stereocenters. The minimum absolute atomic E-state index is 0.252. The standard InChI is InChI=1S/C10H14BrNO3/c1-5-14-9(13)6-7(10(2,3)4)12-15-8(6)11/h5H2,1-4H3. The summed E-state index contributed by atoms with van der Waals surface area (Å²) in [7, 11) is 0. The van der Waals surface area contributed by atoms with Gasteiger partial charge in [-0.25, -0.2) is 4.79 Å². The van der Waals surface area contributed by atoms with E-state index in [9.17, 15) is 4.79 Å². The molecule has 0 fully saturated rings. The number of halogens is 1. The summed E-state index contributed by atoms with van der Waals surface area (Å²) in [6.07, 6.45) is 0. The molecule has 15 heavy (non-hydrogen) atoms. The second-order valence-corrected chi connectivity index (χ2v) is 4.87. The van der Waals surface area contributed by atoms with Crippen LogP contribution in [0.1, 0.15) is 43.7 Å². The molecule has 5 heteroatoms. The van der Waals surface area contributed by atoms with Crippen LogP contribution >= 0.6 is 15.9 Å². The van der Waals surface area contributed by atoms with Crippen molar-refractivity contribution in [3.8, 4) is 0 Å². The number of hydrogen-bond donors (Lipinski definition) is 0. The lowest BCUT2D eigenvalue weighted by atomic mass is 9.89. The number of aromatic nitrogens is 1. The van der Waals surface area contributed by atoms with E-state index in [0.29, 0.717) is 22.5 Å². The summed E-state index contributed by atoms with van der Waals surface area (Å²) in [4.78, 5) is 11.6. The SMILES string of the molecule is CCOC(=O)c1c(C(C)(C)C)noc1Br. The van der Waals surface area contributed by atoms with E-state index >= 15 is 0 Å². The molecule has 0 radical (unpaired) electrons. The Kier molecular flexibility index (Phi) is 3.54. The third-order valence-electron chi connectivity index (χ3n) is 1.84. The molecule has 0 unspecified atom stereocenters. The highest BCUT2D eigenvalue weighted by molar-refractivity contribution is 9.10. The van der Waals surface area contributed by atoms with Crippen LogP contribution in [0.5, 0.6) is 0 Å². The van der Waals surface area contributed by atoms with Gasteiger partial charge in [0.05, 0.1) is 6.61 Å². The first-order valence-electron chi connectivity index (χ1n) is 4.70. The number of rotatable bonds is 2. The Balaban J connectivity index is 3.16. The maximum atomic E-state index is 11.6. The normalized spacial score (nSPS) is 11.5. The summed E-state index contributed by atoms with van der Waals surface area (Å²) in [5.41, 5.74) is 0.731. The van der Waals surface area contributed by atoms with Crippen LogP contribution in [0.2, 0.25) is 0 Å². The summed E-state index contributed by atoms with van der Waals surface area (Å²) in [6, 6.07) is 0. The predicted molar refractivity (Wildman–Crippen MR) is 58.9 cm³/mol. The maximum Gasteiger partial charge on any atom is 0.344 e. The van der Waals surface area contributed by atoms with E-state index in [4.69, 9.17) is 9.26 Å². The molecule has 1 aromatic heterocycles. The Morgan fingerprint density at radius 3 is 2.60 bits per heavy atom. The Morgan fingerprint density at radius 2 is 2.13 bits per heavy atom. The quantitative estimate of drug-likeness (QED) is 0.779. The number of esters is 1. The van der Waals surface area contributed by atoms with Gasteiger partial charge in [0, 0.05) is 5.41 Å². The fourth-order valence-electron chi connectivity index (χ4n) is 1.16. The van der Waals surface area contributed by atoms with Gasteiger partial charge in [-0.15, -0.1) is 0 Å². The van der Waals surface area contributed by atoms with Crippen LogP contribution in [0.15, 0.2) is 9.19 Å². The molecule has 0 aliphatic carbocycles. The average Bonchev–Trinajstić information content (AvgIpc) is 2.46. The zero-order valence-corrected chi connectivity index (χ0v) is 10.8. The van der Waals surface area contributed by atoms with Gasteiger partial charge in [0.25, 0.3) is 0 Å². The van der Waals surface area contributed by atoms with Crippen molar-refractivity contribution in [3.05, 3.63) is 15.9 Å². The number of ether oxygens (including phenoxy) is 1. The molecule has 0 N–H and O–H groups in total. The third kappa shape index (κ3) is 2.59. The molecule has 4 nitrogen and oxygen atoms in total. The van der Waals surface area contributed by atoms with Crippen molar-refractivity contribution in [3.63, 3.8) is 0 Å². The van der Waals surface area contributed by atoms with Crippen LogP contribution in [-0.4, -0.2) is 17.7 Å². The molecule has 84 valence electrons. The largest absolute Gasteiger partial charge is 0.462 e. The molecule has 0 aromatic carbocycles.